The van der Waals surface area contributed by atoms with Crippen molar-refractivity contribution in [2.45, 2.75) is 56.7 Å². The van der Waals surface area contributed by atoms with Gasteiger partial charge in [-0.25, -0.2) is 14.3 Å². The van der Waals surface area contributed by atoms with Crippen LogP contribution in [0.4, 0.5) is 4.39 Å². The number of nitrogens with one attached hydrogen (secondary N) is 2. The Morgan fingerprint density at radius 1 is 1.17 bits per heavy atom. The van der Waals surface area contributed by atoms with Crippen molar-refractivity contribution in [3.05, 3.63) is 99.3 Å². The number of hydrogen-bond acceptors (Lipinski definition) is 9. The van der Waals surface area contributed by atoms with E-state index < -0.39 is 67.2 Å². The first-order valence-corrected chi connectivity index (χ1v) is 14.5. The van der Waals surface area contributed by atoms with Crippen LogP contribution in [-0.4, -0.2) is 55.5 Å². The highest BCUT2D eigenvalue weighted by Crippen LogP contribution is 2.51. The molecule has 0 saturated carbocycles. The third-order valence-corrected chi connectivity index (χ3v) is 8.68. The van der Waals surface area contributed by atoms with Crippen LogP contribution in [0, 0.1) is 0 Å². The molecule has 1 aliphatic rings. The number of aliphatic hydroxyl groups is 2. The standard InChI is InChI=1S/C27H31FN3O9P/c1-18(22(33)38-17-19-9-5-3-6-10-19)30-41(37,40-20-11-7-4-8-12-20)16-14-27(28)23(34)26(2,36)24(39-27)31-15-13-21(32)29-25(31)35/h3-13,15,18,23-24,34,36H,14,16-17H2,1-2H3,(H,30,37)(H,29,32,35)/t18-,23-,24+,26+,27+,41?/m0/s1. The molecule has 41 heavy (non-hydrogen) atoms. The van der Waals surface area contributed by atoms with Gasteiger partial charge in [-0.1, -0.05) is 48.5 Å². The van der Waals surface area contributed by atoms with Gasteiger partial charge in [0.15, 0.2) is 6.23 Å². The number of para-hydroxylation sites is 1. The number of aliphatic hydroxyl groups excluding tert-OH is 1. The number of ether oxygens (including phenoxy) is 2. The molecule has 12 nitrogen and oxygen atoms in total. The maximum Gasteiger partial charge on any atom is 0.330 e. The predicted octanol–water partition coefficient (Wildman–Crippen LogP) is 2.23. The normalized spacial score (nSPS) is 26.2. The third kappa shape index (κ3) is 7.00. The number of rotatable bonds is 11. The minimum Gasteiger partial charge on any atom is -0.460 e. The Bertz CT molecular complexity index is 1520. The topological polar surface area (TPSA) is 169 Å². The molecular formula is C27H31FN3O9P. The first-order chi connectivity index (χ1) is 19.3. The summed E-state index contributed by atoms with van der Waals surface area (Å²) in [4.78, 5) is 38.4. The van der Waals surface area contributed by atoms with Gasteiger partial charge in [-0.15, -0.1) is 0 Å². The Balaban J connectivity index is 1.52. The number of aromatic nitrogens is 2. The lowest BCUT2D eigenvalue weighted by Gasteiger charge is -2.29. The van der Waals surface area contributed by atoms with Gasteiger partial charge in [-0.05, 0) is 31.5 Å². The van der Waals surface area contributed by atoms with Gasteiger partial charge < -0.3 is 24.2 Å². The van der Waals surface area contributed by atoms with E-state index in [4.69, 9.17) is 14.0 Å². The molecule has 0 amide bonds. The van der Waals surface area contributed by atoms with Crippen LogP contribution in [0.5, 0.6) is 5.75 Å². The minimum atomic E-state index is -4.10. The number of nitrogens with zero attached hydrogens (tertiary/aromatic N) is 1. The van der Waals surface area contributed by atoms with Crippen molar-refractivity contribution in [3.8, 4) is 5.75 Å². The summed E-state index contributed by atoms with van der Waals surface area (Å²) in [5.41, 5.74) is -3.31. The zero-order chi connectivity index (χ0) is 29.8. The van der Waals surface area contributed by atoms with Crippen molar-refractivity contribution in [1.29, 1.82) is 0 Å². The zero-order valence-corrected chi connectivity index (χ0v) is 23.2. The zero-order valence-electron chi connectivity index (χ0n) is 22.3. The number of carbonyl (C=O) groups is 1. The van der Waals surface area contributed by atoms with Crippen molar-refractivity contribution >= 4 is 13.5 Å². The van der Waals surface area contributed by atoms with Gasteiger partial charge in [0.2, 0.25) is 5.85 Å². The number of halogens is 1. The fraction of sp³-hybridized carbons (Fsp3) is 0.370. The summed E-state index contributed by atoms with van der Waals surface area (Å²) in [5.74, 6) is -3.57. The highest BCUT2D eigenvalue weighted by molar-refractivity contribution is 7.57. The number of carbonyl (C=O) groups excluding carboxylic acids is 1. The van der Waals surface area contributed by atoms with Crippen LogP contribution >= 0.6 is 7.52 Å². The molecule has 220 valence electrons. The molecule has 4 N–H and O–H groups in total. The first-order valence-electron chi connectivity index (χ1n) is 12.7. The van der Waals surface area contributed by atoms with E-state index in [2.05, 4.69) is 5.09 Å². The molecule has 14 heteroatoms. The summed E-state index contributed by atoms with van der Waals surface area (Å²) in [5, 5.41) is 24.2. The van der Waals surface area contributed by atoms with Gasteiger partial charge in [-0.2, -0.15) is 0 Å². The maximum atomic E-state index is 16.1. The lowest BCUT2D eigenvalue weighted by molar-refractivity contribution is -0.188. The summed E-state index contributed by atoms with van der Waals surface area (Å²) in [7, 11) is -4.10. The number of H-pyrrole nitrogens is 1. The summed E-state index contributed by atoms with van der Waals surface area (Å²) in [6.07, 6.45) is -4.32. The summed E-state index contributed by atoms with van der Waals surface area (Å²) in [6, 6.07) is 16.7. The molecular weight excluding hydrogens is 560 g/mol. The highest BCUT2D eigenvalue weighted by Gasteiger charge is 2.63. The van der Waals surface area contributed by atoms with Crippen LogP contribution in [-0.2, 0) is 25.4 Å². The Labute approximate surface area is 234 Å². The van der Waals surface area contributed by atoms with E-state index in [9.17, 15) is 29.2 Å². The number of esters is 1. The van der Waals surface area contributed by atoms with Crippen LogP contribution in [0.1, 0.15) is 32.1 Å². The highest BCUT2D eigenvalue weighted by atomic mass is 31.2. The predicted molar refractivity (Wildman–Crippen MR) is 145 cm³/mol. The van der Waals surface area contributed by atoms with Gasteiger partial charge in [0.1, 0.15) is 30.1 Å². The molecule has 0 aliphatic carbocycles. The fourth-order valence-electron chi connectivity index (χ4n) is 4.38. The Morgan fingerprint density at radius 2 is 1.80 bits per heavy atom. The minimum absolute atomic E-state index is 0.0241. The fourth-order valence-corrected chi connectivity index (χ4v) is 6.41. The largest absolute Gasteiger partial charge is 0.460 e. The summed E-state index contributed by atoms with van der Waals surface area (Å²) < 4.78 is 47.2. The average molecular weight is 592 g/mol. The molecule has 3 aromatic rings. The summed E-state index contributed by atoms with van der Waals surface area (Å²) >= 11 is 0. The number of benzene rings is 2. The number of hydrogen-bond donors (Lipinski definition) is 4. The molecule has 1 aromatic heterocycles. The molecule has 1 fully saturated rings. The number of alkyl halides is 1. The van der Waals surface area contributed by atoms with Crippen LogP contribution in [0.15, 0.2) is 82.5 Å². The van der Waals surface area contributed by atoms with Crippen LogP contribution in [0.3, 0.4) is 0 Å². The quantitative estimate of drug-likeness (QED) is 0.192. The molecule has 1 aliphatic heterocycles. The second-order valence-corrected chi connectivity index (χ2v) is 12.1. The smallest absolute Gasteiger partial charge is 0.330 e. The monoisotopic (exact) mass is 591 g/mol. The second kappa shape index (κ2) is 12.1. The Hall–Kier alpha value is -3.61. The second-order valence-electron chi connectivity index (χ2n) is 9.90. The van der Waals surface area contributed by atoms with Gasteiger partial charge in [0, 0.05) is 18.7 Å². The third-order valence-electron chi connectivity index (χ3n) is 6.58. The Kier molecular flexibility index (Phi) is 8.95. The molecule has 2 aromatic carbocycles. The van der Waals surface area contributed by atoms with E-state index in [0.29, 0.717) is 0 Å². The van der Waals surface area contributed by atoms with Crippen molar-refractivity contribution < 1.29 is 38.0 Å². The van der Waals surface area contributed by atoms with Gasteiger partial charge in [-0.3, -0.25) is 23.7 Å². The van der Waals surface area contributed by atoms with Crippen LogP contribution < -0.4 is 20.9 Å². The van der Waals surface area contributed by atoms with Crippen molar-refractivity contribution in [2.75, 3.05) is 6.16 Å². The molecule has 0 spiro atoms. The SMILES string of the molecule is C[C@H](NP(=O)(CC[C@@]1(F)O[C@@H](n2ccc(=O)[nH]c2=O)[C@](C)(O)[C@@H]1O)Oc1ccccc1)C(=O)OCc1ccccc1. The van der Waals surface area contributed by atoms with E-state index in [1.165, 1.54) is 19.1 Å². The van der Waals surface area contributed by atoms with Gasteiger partial charge in [0.05, 0.1) is 6.16 Å². The van der Waals surface area contributed by atoms with E-state index in [0.717, 1.165) is 29.3 Å². The molecule has 1 saturated heterocycles. The van der Waals surface area contributed by atoms with E-state index in [-0.39, 0.29) is 12.4 Å². The summed E-state index contributed by atoms with van der Waals surface area (Å²) in [6.45, 7) is 2.44. The van der Waals surface area contributed by atoms with Crippen molar-refractivity contribution in [1.82, 2.24) is 14.6 Å². The van der Waals surface area contributed by atoms with E-state index in [1.807, 2.05) is 11.1 Å². The lowest BCUT2D eigenvalue weighted by Crippen LogP contribution is -2.49. The molecule has 4 rings (SSSR count). The lowest BCUT2D eigenvalue weighted by atomic mass is 9.94. The molecule has 0 bridgehead atoms. The van der Waals surface area contributed by atoms with Gasteiger partial charge in [0.25, 0.3) is 5.56 Å². The van der Waals surface area contributed by atoms with E-state index in [1.54, 1.807) is 42.5 Å². The first kappa shape index (κ1) is 30.4. The Morgan fingerprint density at radius 3 is 2.44 bits per heavy atom. The molecule has 0 radical (unpaired) electrons. The van der Waals surface area contributed by atoms with Gasteiger partial charge >= 0.3 is 19.2 Å². The van der Waals surface area contributed by atoms with Crippen LogP contribution in [0.25, 0.3) is 0 Å². The molecule has 2 heterocycles. The van der Waals surface area contributed by atoms with E-state index >= 15 is 4.39 Å². The molecule has 6 atom stereocenters. The van der Waals surface area contributed by atoms with Crippen LogP contribution in [0.2, 0.25) is 0 Å². The average Bonchev–Trinajstić information content (AvgIpc) is 3.12. The van der Waals surface area contributed by atoms with Crippen molar-refractivity contribution in [3.63, 3.8) is 0 Å². The molecule has 1 unspecified atom stereocenters. The number of aromatic amines is 1. The maximum absolute atomic E-state index is 16.1. The van der Waals surface area contributed by atoms with Crippen molar-refractivity contribution in [2.24, 2.45) is 0 Å².